The molecule has 1 atom stereocenters. The molecule has 1 heterocycles. The van der Waals surface area contributed by atoms with Crippen LogP contribution in [0.15, 0.2) is 24.3 Å². The maximum atomic E-state index is 12.5. The molecule has 0 aromatic heterocycles. The second-order valence-corrected chi connectivity index (χ2v) is 8.64. The molecule has 6 nitrogen and oxygen atoms in total. The molecule has 1 aliphatic heterocycles. The molecule has 0 radical (unpaired) electrons. The number of hydrogen-bond acceptors (Lipinski definition) is 4. The largest absolute Gasteiger partial charge is 0.478 e. The van der Waals surface area contributed by atoms with Crippen LogP contribution < -0.4 is 0 Å². The summed E-state index contributed by atoms with van der Waals surface area (Å²) in [7, 11) is 0. The Labute approximate surface area is 162 Å². The molecule has 1 aromatic rings. The third-order valence-electron chi connectivity index (χ3n) is 4.62. The van der Waals surface area contributed by atoms with Crippen LogP contribution in [0.2, 0.25) is 0 Å². The molecule has 0 spiro atoms. The molecule has 0 aliphatic carbocycles. The molecule has 6 heteroatoms. The van der Waals surface area contributed by atoms with Gasteiger partial charge in [0.05, 0.1) is 5.56 Å². The molecule has 2 rings (SSSR count). The smallest absolute Gasteiger partial charge is 0.410 e. The zero-order chi connectivity index (χ0) is 20.2. The minimum absolute atomic E-state index is 0.174. The van der Waals surface area contributed by atoms with E-state index in [1.54, 1.807) is 17.0 Å². The number of piperazine rings is 1. The Morgan fingerprint density at radius 2 is 1.89 bits per heavy atom. The fourth-order valence-corrected chi connectivity index (χ4v) is 3.45. The van der Waals surface area contributed by atoms with Gasteiger partial charge in [0.2, 0.25) is 0 Å². The Morgan fingerprint density at radius 3 is 2.48 bits per heavy atom. The normalized spacial score (nSPS) is 18.6. The molecule has 1 N–H and O–H groups in total. The lowest BCUT2D eigenvalue weighted by molar-refractivity contribution is -0.000368. The highest BCUT2D eigenvalue weighted by Crippen LogP contribution is 2.23. The molecular weight excluding hydrogens is 344 g/mol. The Morgan fingerprint density at radius 1 is 1.22 bits per heavy atom. The van der Waals surface area contributed by atoms with Gasteiger partial charge in [-0.3, -0.25) is 4.90 Å². The van der Waals surface area contributed by atoms with Crippen molar-refractivity contribution < 1.29 is 19.4 Å². The van der Waals surface area contributed by atoms with Crippen molar-refractivity contribution in [2.24, 2.45) is 5.92 Å². The van der Waals surface area contributed by atoms with Gasteiger partial charge in [-0.2, -0.15) is 0 Å². The van der Waals surface area contributed by atoms with Crippen molar-refractivity contribution in [1.29, 1.82) is 0 Å². The van der Waals surface area contributed by atoms with Crippen molar-refractivity contribution in [3.63, 3.8) is 0 Å². The lowest BCUT2D eigenvalue weighted by atomic mass is 9.98. The van der Waals surface area contributed by atoms with Crippen LogP contribution in [0.5, 0.6) is 0 Å². The zero-order valence-corrected chi connectivity index (χ0v) is 17.1. The molecular formula is C21H32N2O4. The van der Waals surface area contributed by atoms with Crippen LogP contribution in [0, 0.1) is 5.92 Å². The molecule has 1 unspecified atom stereocenters. The van der Waals surface area contributed by atoms with E-state index in [2.05, 4.69) is 18.7 Å². The van der Waals surface area contributed by atoms with Gasteiger partial charge in [0, 0.05) is 32.2 Å². The molecule has 1 fully saturated rings. The highest BCUT2D eigenvalue weighted by Gasteiger charge is 2.32. The van der Waals surface area contributed by atoms with Crippen LogP contribution in [0.1, 0.15) is 57.0 Å². The number of carbonyl (C=O) groups is 2. The summed E-state index contributed by atoms with van der Waals surface area (Å²) >= 11 is 0. The van der Waals surface area contributed by atoms with Gasteiger partial charge in [-0.05, 0) is 44.7 Å². The highest BCUT2D eigenvalue weighted by atomic mass is 16.6. The van der Waals surface area contributed by atoms with Crippen LogP contribution in [0.3, 0.4) is 0 Å². The van der Waals surface area contributed by atoms with E-state index < -0.39 is 11.6 Å². The summed E-state index contributed by atoms with van der Waals surface area (Å²) < 4.78 is 5.53. The number of carboxylic acid groups (broad SMARTS) is 1. The maximum absolute atomic E-state index is 12.5. The number of benzene rings is 1. The highest BCUT2D eigenvalue weighted by molar-refractivity contribution is 5.89. The standard InChI is InChI=1S/C21H32N2O4/c1-15(2)12-17-14-23(20(26)27-21(3,4)5)11-10-22(17)13-16-8-6-7-9-18(16)19(24)25/h6-9,15,17H,10-14H2,1-5H3,(H,24,25). The van der Waals surface area contributed by atoms with Gasteiger partial charge in [-0.25, -0.2) is 9.59 Å². The third-order valence-corrected chi connectivity index (χ3v) is 4.62. The van der Waals surface area contributed by atoms with E-state index in [-0.39, 0.29) is 12.1 Å². The van der Waals surface area contributed by atoms with Gasteiger partial charge in [0.15, 0.2) is 0 Å². The van der Waals surface area contributed by atoms with Crippen LogP contribution in [0.25, 0.3) is 0 Å². The van der Waals surface area contributed by atoms with Crippen molar-refractivity contribution in [2.45, 2.75) is 59.2 Å². The van der Waals surface area contributed by atoms with Crippen LogP contribution in [0.4, 0.5) is 4.79 Å². The number of carbonyl (C=O) groups excluding carboxylic acids is 1. The first-order chi connectivity index (χ1) is 12.6. The van der Waals surface area contributed by atoms with Crippen LogP contribution in [-0.4, -0.2) is 58.2 Å². The van der Waals surface area contributed by atoms with Crippen molar-refractivity contribution in [1.82, 2.24) is 9.80 Å². The topological polar surface area (TPSA) is 70.1 Å². The van der Waals surface area contributed by atoms with E-state index >= 15 is 0 Å². The third kappa shape index (κ3) is 6.24. The first kappa shape index (κ1) is 21.2. The van der Waals surface area contributed by atoms with E-state index in [0.29, 0.717) is 37.7 Å². The van der Waals surface area contributed by atoms with Gasteiger partial charge >= 0.3 is 12.1 Å². The van der Waals surface area contributed by atoms with Gasteiger partial charge in [-0.1, -0.05) is 32.0 Å². The second kappa shape index (κ2) is 8.74. The number of ether oxygens (including phenoxy) is 1. The quantitative estimate of drug-likeness (QED) is 0.845. The SMILES string of the molecule is CC(C)CC1CN(C(=O)OC(C)(C)C)CCN1Cc1ccccc1C(=O)O. The monoisotopic (exact) mass is 376 g/mol. The number of carboxylic acids is 1. The van der Waals surface area contributed by atoms with Crippen LogP contribution >= 0.6 is 0 Å². The summed E-state index contributed by atoms with van der Waals surface area (Å²) in [5.41, 5.74) is 0.641. The number of amides is 1. The summed E-state index contributed by atoms with van der Waals surface area (Å²) in [6, 6.07) is 7.31. The molecule has 0 bridgehead atoms. The lowest BCUT2D eigenvalue weighted by Crippen LogP contribution is -2.55. The zero-order valence-electron chi connectivity index (χ0n) is 17.1. The molecule has 1 saturated heterocycles. The Hall–Kier alpha value is -2.08. The van der Waals surface area contributed by atoms with E-state index in [9.17, 15) is 14.7 Å². The van der Waals surface area contributed by atoms with Crippen molar-refractivity contribution in [2.75, 3.05) is 19.6 Å². The van der Waals surface area contributed by atoms with Crippen molar-refractivity contribution in [3.8, 4) is 0 Å². The predicted octanol–water partition coefficient (Wildman–Crippen LogP) is 3.85. The molecule has 1 amide bonds. The lowest BCUT2D eigenvalue weighted by Gasteiger charge is -2.42. The van der Waals surface area contributed by atoms with Gasteiger partial charge in [0.1, 0.15) is 5.60 Å². The van der Waals surface area contributed by atoms with Crippen molar-refractivity contribution >= 4 is 12.1 Å². The average Bonchev–Trinajstić information content (AvgIpc) is 2.54. The average molecular weight is 376 g/mol. The van der Waals surface area contributed by atoms with Gasteiger partial charge in [-0.15, -0.1) is 0 Å². The minimum Gasteiger partial charge on any atom is -0.478 e. The van der Waals surface area contributed by atoms with Gasteiger partial charge < -0.3 is 14.7 Å². The number of rotatable bonds is 5. The number of hydrogen-bond donors (Lipinski definition) is 1. The molecule has 1 aliphatic rings. The molecule has 0 saturated carbocycles. The predicted molar refractivity (Wildman–Crippen MR) is 105 cm³/mol. The van der Waals surface area contributed by atoms with Crippen molar-refractivity contribution in [3.05, 3.63) is 35.4 Å². The molecule has 27 heavy (non-hydrogen) atoms. The second-order valence-electron chi connectivity index (χ2n) is 8.64. The Bertz CT molecular complexity index is 666. The fourth-order valence-electron chi connectivity index (χ4n) is 3.45. The summed E-state index contributed by atoms with van der Waals surface area (Å²) in [6.45, 7) is 12.4. The van der Waals surface area contributed by atoms with E-state index in [0.717, 1.165) is 12.0 Å². The van der Waals surface area contributed by atoms with E-state index in [1.165, 1.54) is 0 Å². The van der Waals surface area contributed by atoms with Gasteiger partial charge in [0.25, 0.3) is 0 Å². The Kier molecular flexibility index (Phi) is 6.87. The molecule has 1 aromatic carbocycles. The molecule has 150 valence electrons. The first-order valence-electron chi connectivity index (χ1n) is 9.60. The first-order valence-corrected chi connectivity index (χ1v) is 9.60. The number of aromatic carboxylic acids is 1. The summed E-state index contributed by atoms with van der Waals surface area (Å²) in [6.07, 6.45) is 0.663. The Balaban J connectivity index is 2.13. The summed E-state index contributed by atoms with van der Waals surface area (Å²) in [5.74, 6) is -0.427. The summed E-state index contributed by atoms with van der Waals surface area (Å²) in [4.78, 5) is 28.0. The van der Waals surface area contributed by atoms with E-state index in [4.69, 9.17) is 4.74 Å². The fraction of sp³-hybridized carbons (Fsp3) is 0.619. The van der Waals surface area contributed by atoms with E-state index in [1.807, 2.05) is 32.9 Å². The summed E-state index contributed by atoms with van der Waals surface area (Å²) in [5, 5.41) is 9.44. The minimum atomic E-state index is -0.904. The van der Waals surface area contributed by atoms with Crippen LogP contribution in [-0.2, 0) is 11.3 Å². The maximum Gasteiger partial charge on any atom is 0.410 e. The number of nitrogens with zero attached hydrogens (tertiary/aromatic N) is 2.